The predicted octanol–water partition coefficient (Wildman–Crippen LogP) is 7.61. The lowest BCUT2D eigenvalue weighted by Gasteiger charge is -2.08. The average Bonchev–Trinajstić information content (AvgIpc) is 2.56. The molecule has 23 heavy (non-hydrogen) atoms. The zero-order chi connectivity index (χ0) is 15.9. The van der Waals surface area contributed by atoms with Crippen LogP contribution in [0.5, 0.6) is 0 Å². The molecule has 0 fully saturated rings. The third-order valence-electron chi connectivity index (χ3n) is 4.28. The van der Waals surface area contributed by atoms with E-state index < -0.39 is 0 Å². The molecule has 1 aromatic rings. The first kappa shape index (κ1) is 22.2. The fourth-order valence-electron chi connectivity index (χ4n) is 2.86. The summed E-state index contributed by atoms with van der Waals surface area (Å²) in [6.07, 6.45) is 22.4. The second-order valence-corrected chi connectivity index (χ2v) is 6.34. The van der Waals surface area contributed by atoms with Crippen molar-refractivity contribution in [1.82, 2.24) is 4.98 Å². The molecular weight excluding hydrogens is 302 g/mol. The van der Waals surface area contributed by atoms with Crippen molar-refractivity contribution in [3.63, 3.8) is 0 Å². The number of hydrogen-bond acceptors (Lipinski definition) is 1. The van der Waals surface area contributed by atoms with Gasteiger partial charge in [0.25, 0.3) is 0 Å². The van der Waals surface area contributed by atoms with Crippen molar-refractivity contribution in [1.29, 1.82) is 0 Å². The summed E-state index contributed by atoms with van der Waals surface area (Å²) in [6, 6.07) is 4.26. The highest BCUT2D eigenvalue weighted by atomic mass is 35.5. The van der Waals surface area contributed by atoms with Crippen LogP contribution in [-0.4, -0.2) is 4.98 Å². The van der Waals surface area contributed by atoms with Gasteiger partial charge in [-0.3, -0.25) is 4.98 Å². The predicted molar refractivity (Wildman–Crippen MR) is 106 cm³/mol. The smallest absolute Gasteiger partial charge is 0.0342 e. The molecule has 132 valence electrons. The van der Waals surface area contributed by atoms with Gasteiger partial charge in [0.05, 0.1) is 0 Å². The molecule has 1 heterocycles. The third-order valence-corrected chi connectivity index (χ3v) is 4.28. The lowest BCUT2D eigenvalue weighted by atomic mass is 9.98. The number of pyridine rings is 1. The van der Waals surface area contributed by atoms with Gasteiger partial charge in [-0.05, 0) is 42.9 Å². The molecule has 0 aliphatic heterocycles. The Labute approximate surface area is 150 Å². The van der Waals surface area contributed by atoms with Crippen molar-refractivity contribution in [2.24, 2.45) is 0 Å². The first-order chi connectivity index (χ1) is 10.9. The second kappa shape index (κ2) is 16.1. The summed E-state index contributed by atoms with van der Waals surface area (Å²) in [5.41, 5.74) is 2.84. The van der Waals surface area contributed by atoms with E-state index >= 15 is 0 Å². The van der Waals surface area contributed by atoms with Gasteiger partial charge < -0.3 is 0 Å². The number of allylic oxidation sites excluding steroid dienone is 2. The van der Waals surface area contributed by atoms with Crippen LogP contribution in [0, 0.1) is 0 Å². The fraction of sp³-hybridized carbons (Fsp3) is 0.667. The molecule has 0 aromatic carbocycles. The highest BCUT2D eigenvalue weighted by molar-refractivity contribution is 5.85. The molecule has 1 rings (SSSR count). The zero-order valence-electron chi connectivity index (χ0n) is 15.2. The van der Waals surface area contributed by atoms with E-state index in [1.165, 1.54) is 88.2 Å². The molecule has 0 unspecified atom stereocenters. The Morgan fingerprint density at radius 2 is 1.57 bits per heavy atom. The Kier molecular flexibility index (Phi) is 15.5. The van der Waals surface area contributed by atoms with Gasteiger partial charge in [-0.15, -0.1) is 12.4 Å². The van der Waals surface area contributed by atoms with Gasteiger partial charge in [0.2, 0.25) is 0 Å². The lowest BCUT2D eigenvalue weighted by molar-refractivity contribution is 0.611. The molecule has 2 heteroatoms. The van der Waals surface area contributed by atoms with Crippen LogP contribution in [0.25, 0.3) is 5.57 Å². The van der Waals surface area contributed by atoms with Crippen LogP contribution in [0.2, 0.25) is 0 Å². The Morgan fingerprint density at radius 1 is 0.913 bits per heavy atom. The van der Waals surface area contributed by atoms with Gasteiger partial charge in [0.15, 0.2) is 0 Å². The molecule has 0 N–H and O–H groups in total. The highest BCUT2D eigenvalue weighted by Gasteiger charge is 2.01. The molecule has 0 saturated heterocycles. The van der Waals surface area contributed by atoms with E-state index in [4.69, 9.17) is 0 Å². The minimum atomic E-state index is 0. The maximum absolute atomic E-state index is 4.29. The molecule has 0 atom stereocenters. The van der Waals surface area contributed by atoms with Crippen LogP contribution in [0.1, 0.15) is 96.5 Å². The van der Waals surface area contributed by atoms with Crippen molar-refractivity contribution in [2.75, 3.05) is 0 Å². The molecule has 0 saturated carbocycles. The molecule has 0 aliphatic carbocycles. The van der Waals surface area contributed by atoms with E-state index in [1.807, 2.05) is 12.4 Å². The minimum Gasteiger partial charge on any atom is -0.264 e. The van der Waals surface area contributed by atoms with E-state index in [0.29, 0.717) is 0 Å². The van der Waals surface area contributed by atoms with Crippen LogP contribution in [0.4, 0.5) is 0 Å². The summed E-state index contributed by atoms with van der Waals surface area (Å²) in [4.78, 5) is 4.29. The second-order valence-electron chi connectivity index (χ2n) is 6.34. The van der Waals surface area contributed by atoms with Gasteiger partial charge in [0, 0.05) is 12.4 Å². The van der Waals surface area contributed by atoms with Crippen molar-refractivity contribution in [3.8, 4) is 0 Å². The van der Waals surface area contributed by atoms with Crippen LogP contribution in [0.3, 0.4) is 0 Å². The van der Waals surface area contributed by atoms with Gasteiger partial charge in [-0.1, -0.05) is 77.4 Å². The minimum absolute atomic E-state index is 0. The maximum atomic E-state index is 4.29. The number of hydrogen-bond donors (Lipinski definition) is 0. The van der Waals surface area contributed by atoms with E-state index in [1.54, 1.807) is 0 Å². The summed E-state index contributed by atoms with van der Waals surface area (Å²) in [7, 11) is 0. The third kappa shape index (κ3) is 11.4. The van der Waals surface area contributed by atoms with Gasteiger partial charge in [0.1, 0.15) is 0 Å². The molecule has 0 spiro atoms. The van der Waals surface area contributed by atoms with E-state index in [9.17, 15) is 0 Å². The van der Waals surface area contributed by atoms with Crippen LogP contribution < -0.4 is 0 Å². The summed E-state index contributed by atoms with van der Waals surface area (Å²) in [5, 5.41) is 0. The van der Waals surface area contributed by atoms with Gasteiger partial charge in [-0.2, -0.15) is 0 Å². The van der Waals surface area contributed by atoms with E-state index in [-0.39, 0.29) is 12.4 Å². The fourth-order valence-corrected chi connectivity index (χ4v) is 2.86. The first-order valence-electron chi connectivity index (χ1n) is 9.48. The molecular formula is C21H36ClN. The van der Waals surface area contributed by atoms with Crippen LogP contribution >= 0.6 is 12.4 Å². The number of aromatic nitrogens is 1. The molecule has 0 aliphatic rings. The topological polar surface area (TPSA) is 12.9 Å². The zero-order valence-corrected chi connectivity index (χ0v) is 16.0. The van der Waals surface area contributed by atoms with Crippen molar-refractivity contribution >= 4 is 18.0 Å². The number of halogens is 1. The van der Waals surface area contributed by atoms with Gasteiger partial charge >= 0.3 is 0 Å². The Balaban J connectivity index is 0.00000484. The van der Waals surface area contributed by atoms with Gasteiger partial charge in [-0.25, -0.2) is 0 Å². The van der Waals surface area contributed by atoms with E-state index in [0.717, 1.165) is 0 Å². The summed E-state index contributed by atoms with van der Waals surface area (Å²) in [5.74, 6) is 0. The normalized spacial score (nSPS) is 11.3. The van der Waals surface area contributed by atoms with Crippen LogP contribution in [-0.2, 0) is 0 Å². The SMILES string of the molecule is CCCCCCCCC=C(CCCCCC)c1cccnc1.Cl. The lowest BCUT2D eigenvalue weighted by Crippen LogP contribution is -1.88. The Hall–Kier alpha value is -0.820. The van der Waals surface area contributed by atoms with Crippen molar-refractivity contribution in [3.05, 3.63) is 36.2 Å². The number of nitrogens with zero attached hydrogens (tertiary/aromatic N) is 1. The molecule has 0 amide bonds. The van der Waals surface area contributed by atoms with Crippen molar-refractivity contribution in [2.45, 2.75) is 90.9 Å². The Morgan fingerprint density at radius 3 is 2.22 bits per heavy atom. The average molecular weight is 338 g/mol. The van der Waals surface area contributed by atoms with E-state index in [2.05, 4.69) is 37.0 Å². The highest BCUT2D eigenvalue weighted by Crippen LogP contribution is 2.22. The first-order valence-corrected chi connectivity index (χ1v) is 9.48. The number of unbranched alkanes of at least 4 members (excludes halogenated alkanes) is 9. The molecule has 0 bridgehead atoms. The van der Waals surface area contributed by atoms with Crippen LogP contribution in [0.15, 0.2) is 30.6 Å². The molecule has 0 radical (unpaired) electrons. The number of rotatable bonds is 13. The van der Waals surface area contributed by atoms with Crippen molar-refractivity contribution < 1.29 is 0 Å². The summed E-state index contributed by atoms with van der Waals surface area (Å²) in [6.45, 7) is 4.55. The summed E-state index contributed by atoms with van der Waals surface area (Å²) >= 11 is 0. The monoisotopic (exact) mass is 337 g/mol. The standard InChI is InChI=1S/C21H35N.ClH/c1-3-5-7-9-10-11-13-16-20(15-12-8-6-4-2)21-17-14-18-22-19-21;/h14,16-19H,3-13,15H2,1-2H3;1H. The largest absolute Gasteiger partial charge is 0.264 e. The molecule has 1 nitrogen and oxygen atoms in total. The molecule has 1 aromatic heterocycles. The maximum Gasteiger partial charge on any atom is 0.0342 e. The quantitative estimate of drug-likeness (QED) is 0.337. The Bertz CT molecular complexity index is 386. The summed E-state index contributed by atoms with van der Waals surface area (Å²) < 4.78 is 0.